The van der Waals surface area contributed by atoms with Crippen molar-refractivity contribution in [2.24, 2.45) is 11.8 Å². The predicted molar refractivity (Wildman–Crippen MR) is 130 cm³/mol. The SMILES string of the molecule is CCCCC(CC)COc1c(CC)cc(OCC(CC)CCBr)c2ccccc12. The Hall–Kier alpha value is -1.22. The highest BCUT2D eigenvalue weighted by molar-refractivity contribution is 9.09. The van der Waals surface area contributed by atoms with E-state index >= 15 is 0 Å². The van der Waals surface area contributed by atoms with Gasteiger partial charge in [0.25, 0.3) is 0 Å². The first-order chi connectivity index (χ1) is 14.2. The van der Waals surface area contributed by atoms with Gasteiger partial charge in [-0.25, -0.2) is 0 Å². The molecule has 2 atom stereocenters. The highest BCUT2D eigenvalue weighted by atomic mass is 79.9. The third-order valence-electron chi connectivity index (χ3n) is 5.99. The molecule has 0 amide bonds. The molecule has 29 heavy (non-hydrogen) atoms. The zero-order chi connectivity index (χ0) is 21.1. The molecule has 0 N–H and O–H groups in total. The van der Waals surface area contributed by atoms with Crippen molar-refractivity contribution in [3.8, 4) is 11.5 Å². The molecule has 0 aliphatic carbocycles. The van der Waals surface area contributed by atoms with Crippen molar-refractivity contribution < 1.29 is 9.47 Å². The van der Waals surface area contributed by atoms with Gasteiger partial charge < -0.3 is 9.47 Å². The second-order valence-corrected chi connectivity index (χ2v) is 8.85. The summed E-state index contributed by atoms with van der Waals surface area (Å²) < 4.78 is 12.8. The molecule has 2 nitrogen and oxygen atoms in total. The van der Waals surface area contributed by atoms with Gasteiger partial charge in [0, 0.05) is 16.1 Å². The number of alkyl halides is 1. The fourth-order valence-electron chi connectivity index (χ4n) is 3.79. The van der Waals surface area contributed by atoms with E-state index in [0.717, 1.165) is 54.7 Å². The minimum atomic E-state index is 0.581. The maximum atomic E-state index is 6.47. The third-order valence-corrected chi connectivity index (χ3v) is 6.45. The Morgan fingerprint density at radius 2 is 1.52 bits per heavy atom. The molecule has 2 aromatic carbocycles. The minimum absolute atomic E-state index is 0.581. The van der Waals surface area contributed by atoms with Gasteiger partial charge in [-0.1, -0.05) is 93.6 Å². The molecule has 0 aliphatic rings. The predicted octanol–water partition coefficient (Wildman–Crippen LogP) is 8.19. The summed E-state index contributed by atoms with van der Waals surface area (Å²) in [6.45, 7) is 10.6. The molecular weight excluding hydrogens is 424 g/mol. The first-order valence-corrected chi connectivity index (χ1v) is 12.7. The molecule has 0 fully saturated rings. The Bertz CT molecular complexity index is 728. The molecule has 0 aliphatic heterocycles. The zero-order valence-electron chi connectivity index (χ0n) is 18.8. The van der Waals surface area contributed by atoms with Gasteiger partial charge in [0.2, 0.25) is 0 Å². The maximum Gasteiger partial charge on any atom is 0.130 e. The van der Waals surface area contributed by atoms with Crippen LogP contribution in [0.5, 0.6) is 11.5 Å². The van der Waals surface area contributed by atoms with Crippen LogP contribution in [0.2, 0.25) is 0 Å². The van der Waals surface area contributed by atoms with Gasteiger partial charge in [-0.2, -0.15) is 0 Å². The van der Waals surface area contributed by atoms with Crippen molar-refractivity contribution in [3.63, 3.8) is 0 Å². The van der Waals surface area contributed by atoms with Crippen molar-refractivity contribution in [2.45, 2.75) is 72.6 Å². The van der Waals surface area contributed by atoms with Crippen LogP contribution in [-0.2, 0) is 6.42 Å². The molecule has 0 heterocycles. The molecular formula is C26H39BrO2. The number of fused-ring (bicyclic) bond motifs is 1. The second-order valence-electron chi connectivity index (χ2n) is 8.05. The topological polar surface area (TPSA) is 18.5 Å². The number of halogens is 1. The van der Waals surface area contributed by atoms with E-state index in [4.69, 9.17) is 9.47 Å². The number of hydrogen-bond donors (Lipinski definition) is 0. The van der Waals surface area contributed by atoms with Crippen molar-refractivity contribution >= 4 is 26.7 Å². The molecule has 2 rings (SSSR count). The third kappa shape index (κ3) is 6.91. The molecule has 2 aromatic rings. The van der Waals surface area contributed by atoms with Gasteiger partial charge >= 0.3 is 0 Å². The van der Waals surface area contributed by atoms with E-state index in [9.17, 15) is 0 Å². The molecule has 0 saturated carbocycles. The van der Waals surface area contributed by atoms with Crippen molar-refractivity contribution in [3.05, 3.63) is 35.9 Å². The van der Waals surface area contributed by atoms with Gasteiger partial charge in [-0.3, -0.25) is 0 Å². The van der Waals surface area contributed by atoms with E-state index in [1.54, 1.807) is 0 Å². The van der Waals surface area contributed by atoms with Crippen LogP contribution < -0.4 is 9.47 Å². The van der Waals surface area contributed by atoms with Crippen molar-refractivity contribution in [1.82, 2.24) is 0 Å². The smallest absolute Gasteiger partial charge is 0.130 e. The van der Waals surface area contributed by atoms with Crippen LogP contribution in [0.15, 0.2) is 30.3 Å². The van der Waals surface area contributed by atoms with Gasteiger partial charge in [-0.15, -0.1) is 0 Å². The van der Waals surface area contributed by atoms with Gasteiger partial charge in [-0.05, 0) is 42.7 Å². The lowest BCUT2D eigenvalue weighted by Crippen LogP contribution is -2.14. The number of rotatable bonds is 14. The Labute approximate surface area is 186 Å². The van der Waals surface area contributed by atoms with E-state index in [0.29, 0.717) is 11.8 Å². The largest absolute Gasteiger partial charge is 0.493 e. The quantitative estimate of drug-likeness (QED) is 0.263. The highest BCUT2D eigenvalue weighted by Crippen LogP contribution is 2.38. The standard InChI is InChI=1S/C26H39BrO2/c1-5-9-12-20(6-2)19-29-26-22(8-4)17-25(23-13-10-11-14-24(23)26)28-18-21(7-3)15-16-27/h10-11,13-14,17,20-21H,5-9,12,15-16,18-19H2,1-4H3. The zero-order valence-corrected chi connectivity index (χ0v) is 20.4. The van der Waals surface area contributed by atoms with E-state index in [1.807, 2.05) is 0 Å². The van der Waals surface area contributed by atoms with Crippen LogP contribution in [0, 0.1) is 11.8 Å². The summed E-state index contributed by atoms with van der Waals surface area (Å²) in [4.78, 5) is 0. The monoisotopic (exact) mass is 462 g/mol. The Morgan fingerprint density at radius 3 is 2.14 bits per heavy atom. The molecule has 2 unspecified atom stereocenters. The Balaban J connectivity index is 2.28. The first-order valence-electron chi connectivity index (χ1n) is 11.5. The Morgan fingerprint density at radius 1 is 0.862 bits per heavy atom. The summed E-state index contributed by atoms with van der Waals surface area (Å²) >= 11 is 3.57. The number of benzene rings is 2. The summed E-state index contributed by atoms with van der Waals surface area (Å²) in [7, 11) is 0. The van der Waals surface area contributed by atoms with Crippen molar-refractivity contribution in [2.75, 3.05) is 18.5 Å². The fraction of sp³-hybridized carbons (Fsp3) is 0.615. The van der Waals surface area contributed by atoms with Crippen LogP contribution in [0.3, 0.4) is 0 Å². The molecule has 0 aromatic heterocycles. The van der Waals surface area contributed by atoms with Gasteiger partial charge in [0.05, 0.1) is 13.2 Å². The van der Waals surface area contributed by atoms with Crippen LogP contribution >= 0.6 is 15.9 Å². The van der Waals surface area contributed by atoms with Crippen LogP contribution in [-0.4, -0.2) is 18.5 Å². The van der Waals surface area contributed by atoms with E-state index in [1.165, 1.54) is 36.6 Å². The fourth-order valence-corrected chi connectivity index (χ4v) is 4.44. The lowest BCUT2D eigenvalue weighted by molar-refractivity contribution is 0.232. The van der Waals surface area contributed by atoms with Crippen molar-refractivity contribution in [1.29, 1.82) is 0 Å². The maximum absolute atomic E-state index is 6.47. The number of hydrogen-bond acceptors (Lipinski definition) is 2. The normalized spacial score (nSPS) is 13.4. The molecule has 0 bridgehead atoms. The minimum Gasteiger partial charge on any atom is -0.493 e. The summed E-state index contributed by atoms with van der Waals surface area (Å²) in [5, 5.41) is 3.37. The summed E-state index contributed by atoms with van der Waals surface area (Å²) in [6.07, 6.45) is 8.18. The summed E-state index contributed by atoms with van der Waals surface area (Å²) in [5.41, 5.74) is 1.25. The first kappa shape index (κ1) is 24.1. The Kier molecular flexibility index (Phi) is 10.9. The average Bonchev–Trinajstić information content (AvgIpc) is 2.76. The van der Waals surface area contributed by atoms with Gasteiger partial charge in [0.15, 0.2) is 0 Å². The average molecular weight is 464 g/mol. The summed E-state index contributed by atoms with van der Waals surface area (Å²) in [6, 6.07) is 10.8. The lowest BCUT2D eigenvalue weighted by Gasteiger charge is -2.21. The molecule has 0 saturated heterocycles. The molecule has 162 valence electrons. The van der Waals surface area contributed by atoms with E-state index < -0.39 is 0 Å². The number of unbranched alkanes of at least 4 members (excludes halogenated alkanes) is 1. The van der Waals surface area contributed by atoms with E-state index in [-0.39, 0.29) is 0 Å². The van der Waals surface area contributed by atoms with Crippen LogP contribution in [0.1, 0.15) is 71.8 Å². The highest BCUT2D eigenvalue weighted by Gasteiger charge is 2.16. The number of aryl methyl sites for hydroxylation is 1. The summed E-state index contributed by atoms with van der Waals surface area (Å²) in [5.74, 6) is 3.26. The molecule has 0 spiro atoms. The number of ether oxygens (including phenoxy) is 2. The molecule has 0 radical (unpaired) electrons. The van der Waals surface area contributed by atoms with Gasteiger partial charge in [0.1, 0.15) is 11.5 Å². The van der Waals surface area contributed by atoms with Crippen LogP contribution in [0.4, 0.5) is 0 Å². The van der Waals surface area contributed by atoms with E-state index in [2.05, 4.69) is 74.0 Å². The molecule has 3 heteroatoms. The second kappa shape index (κ2) is 13.2. The van der Waals surface area contributed by atoms with Crippen LogP contribution in [0.25, 0.3) is 10.8 Å². The lowest BCUT2D eigenvalue weighted by atomic mass is 9.99.